The third-order valence-electron chi connectivity index (χ3n) is 2.22. The van der Waals surface area contributed by atoms with Crippen molar-refractivity contribution < 1.29 is 4.79 Å². The van der Waals surface area contributed by atoms with Gasteiger partial charge in [-0.3, -0.25) is 4.79 Å². The zero-order valence-electron chi connectivity index (χ0n) is 9.69. The zero-order valence-corrected chi connectivity index (χ0v) is 9.69. The van der Waals surface area contributed by atoms with Gasteiger partial charge in [-0.25, -0.2) is 0 Å². The monoisotopic (exact) mass is 207 g/mol. The van der Waals surface area contributed by atoms with Crippen molar-refractivity contribution in [1.82, 2.24) is 4.90 Å². The standard InChI is InChI=1S/C11H17N3O/c1-8(2)10(6-13)11(15)14(4)7-9(3)5-12/h8-10H,7H2,1-4H3. The van der Waals surface area contributed by atoms with Crippen LogP contribution < -0.4 is 0 Å². The molecule has 4 nitrogen and oxygen atoms in total. The predicted molar refractivity (Wildman–Crippen MR) is 56.4 cm³/mol. The molecule has 0 saturated heterocycles. The first-order chi connectivity index (χ1) is 6.93. The quantitative estimate of drug-likeness (QED) is 0.699. The molecule has 15 heavy (non-hydrogen) atoms. The average molecular weight is 207 g/mol. The van der Waals surface area contributed by atoms with Crippen molar-refractivity contribution >= 4 is 5.91 Å². The Hall–Kier alpha value is -1.55. The van der Waals surface area contributed by atoms with Gasteiger partial charge in [-0.1, -0.05) is 13.8 Å². The van der Waals surface area contributed by atoms with Crippen molar-refractivity contribution in [3.63, 3.8) is 0 Å². The second-order valence-electron chi connectivity index (χ2n) is 4.10. The molecule has 2 unspecified atom stereocenters. The van der Waals surface area contributed by atoms with E-state index in [-0.39, 0.29) is 17.7 Å². The second kappa shape index (κ2) is 6.03. The Morgan fingerprint density at radius 3 is 2.13 bits per heavy atom. The lowest BCUT2D eigenvalue weighted by Crippen LogP contribution is -2.37. The highest BCUT2D eigenvalue weighted by Crippen LogP contribution is 2.13. The van der Waals surface area contributed by atoms with Crippen molar-refractivity contribution in [2.75, 3.05) is 13.6 Å². The van der Waals surface area contributed by atoms with Crippen LogP contribution >= 0.6 is 0 Å². The van der Waals surface area contributed by atoms with Crippen molar-refractivity contribution in [1.29, 1.82) is 10.5 Å². The van der Waals surface area contributed by atoms with E-state index < -0.39 is 5.92 Å². The van der Waals surface area contributed by atoms with Crippen molar-refractivity contribution in [3.8, 4) is 12.1 Å². The van der Waals surface area contributed by atoms with Gasteiger partial charge in [-0.15, -0.1) is 0 Å². The van der Waals surface area contributed by atoms with E-state index in [0.29, 0.717) is 6.54 Å². The Bertz CT molecular complexity index is 298. The highest BCUT2D eigenvalue weighted by molar-refractivity contribution is 5.81. The molecule has 0 rings (SSSR count). The van der Waals surface area contributed by atoms with Gasteiger partial charge in [0.15, 0.2) is 0 Å². The Kier molecular flexibility index (Phi) is 5.41. The maximum atomic E-state index is 11.8. The number of nitriles is 2. The van der Waals surface area contributed by atoms with E-state index in [9.17, 15) is 4.79 Å². The molecule has 1 amide bonds. The number of rotatable bonds is 4. The third-order valence-corrected chi connectivity index (χ3v) is 2.22. The van der Waals surface area contributed by atoms with E-state index in [0.717, 1.165) is 0 Å². The van der Waals surface area contributed by atoms with E-state index in [1.807, 2.05) is 19.9 Å². The van der Waals surface area contributed by atoms with Crippen LogP contribution in [0, 0.1) is 40.4 Å². The lowest BCUT2D eigenvalue weighted by molar-refractivity contribution is -0.133. The molecular weight excluding hydrogens is 190 g/mol. The molecular formula is C11H17N3O. The number of hydrogen-bond donors (Lipinski definition) is 0. The molecule has 0 aromatic rings. The fourth-order valence-electron chi connectivity index (χ4n) is 1.27. The van der Waals surface area contributed by atoms with E-state index in [2.05, 4.69) is 6.07 Å². The Morgan fingerprint density at radius 2 is 1.80 bits per heavy atom. The summed E-state index contributed by atoms with van der Waals surface area (Å²) in [4.78, 5) is 13.2. The Labute approximate surface area is 91.1 Å². The molecule has 0 aliphatic carbocycles. The average Bonchev–Trinajstić information content (AvgIpc) is 2.17. The van der Waals surface area contributed by atoms with E-state index in [1.165, 1.54) is 4.90 Å². The van der Waals surface area contributed by atoms with E-state index in [4.69, 9.17) is 10.5 Å². The molecule has 2 atom stereocenters. The van der Waals surface area contributed by atoms with Crippen LogP contribution in [-0.2, 0) is 4.79 Å². The van der Waals surface area contributed by atoms with Crippen LogP contribution in [0.2, 0.25) is 0 Å². The lowest BCUT2D eigenvalue weighted by atomic mass is 9.96. The van der Waals surface area contributed by atoms with Gasteiger partial charge in [0.25, 0.3) is 0 Å². The van der Waals surface area contributed by atoms with Crippen molar-refractivity contribution in [2.45, 2.75) is 20.8 Å². The first-order valence-corrected chi connectivity index (χ1v) is 4.98. The minimum absolute atomic E-state index is 0.00217. The molecule has 0 spiro atoms. The minimum Gasteiger partial charge on any atom is -0.343 e. The Balaban J connectivity index is 4.45. The Morgan fingerprint density at radius 1 is 1.27 bits per heavy atom. The van der Waals surface area contributed by atoms with Gasteiger partial charge in [0, 0.05) is 13.6 Å². The lowest BCUT2D eigenvalue weighted by Gasteiger charge is -2.22. The molecule has 0 fully saturated rings. The molecule has 0 saturated carbocycles. The van der Waals surface area contributed by atoms with E-state index in [1.54, 1.807) is 14.0 Å². The normalized spacial score (nSPS) is 13.8. The third kappa shape index (κ3) is 3.99. The highest BCUT2D eigenvalue weighted by atomic mass is 16.2. The number of carbonyl (C=O) groups is 1. The summed E-state index contributed by atoms with van der Waals surface area (Å²) in [5.74, 6) is -1.01. The van der Waals surface area contributed by atoms with Crippen molar-refractivity contribution in [3.05, 3.63) is 0 Å². The highest BCUT2D eigenvalue weighted by Gasteiger charge is 2.25. The maximum Gasteiger partial charge on any atom is 0.239 e. The molecule has 82 valence electrons. The summed E-state index contributed by atoms with van der Waals surface area (Å²) in [5, 5.41) is 17.5. The molecule has 0 heterocycles. The summed E-state index contributed by atoms with van der Waals surface area (Å²) in [5.41, 5.74) is 0. The van der Waals surface area contributed by atoms with E-state index >= 15 is 0 Å². The van der Waals surface area contributed by atoms with Crippen LogP contribution in [0.25, 0.3) is 0 Å². The maximum absolute atomic E-state index is 11.8. The van der Waals surface area contributed by atoms with Crippen LogP contribution in [0.5, 0.6) is 0 Å². The van der Waals surface area contributed by atoms with Crippen LogP contribution in [0.4, 0.5) is 0 Å². The van der Waals surface area contributed by atoms with Gasteiger partial charge < -0.3 is 4.90 Å². The van der Waals surface area contributed by atoms with Crippen LogP contribution in [-0.4, -0.2) is 24.4 Å². The van der Waals surface area contributed by atoms with Gasteiger partial charge in [0.05, 0.1) is 18.1 Å². The number of nitrogens with zero attached hydrogens (tertiary/aromatic N) is 3. The minimum atomic E-state index is -0.610. The molecule has 0 aromatic heterocycles. The van der Waals surface area contributed by atoms with Gasteiger partial charge >= 0.3 is 0 Å². The van der Waals surface area contributed by atoms with Gasteiger partial charge in [-0.2, -0.15) is 10.5 Å². The molecule has 0 bridgehead atoms. The summed E-state index contributed by atoms with van der Waals surface area (Å²) in [6.45, 7) is 5.81. The second-order valence-corrected chi connectivity index (χ2v) is 4.10. The molecule has 0 aliphatic rings. The fourth-order valence-corrected chi connectivity index (χ4v) is 1.27. The SMILES string of the molecule is CC(C#N)CN(C)C(=O)C(C#N)C(C)C. The summed E-state index contributed by atoms with van der Waals surface area (Å²) < 4.78 is 0. The summed E-state index contributed by atoms with van der Waals surface area (Å²) in [6, 6.07) is 4.06. The van der Waals surface area contributed by atoms with Crippen LogP contribution in [0.3, 0.4) is 0 Å². The molecule has 0 radical (unpaired) electrons. The summed E-state index contributed by atoms with van der Waals surface area (Å²) in [7, 11) is 1.63. The van der Waals surface area contributed by atoms with Crippen LogP contribution in [0.15, 0.2) is 0 Å². The molecule has 0 N–H and O–H groups in total. The molecule has 0 aliphatic heterocycles. The summed E-state index contributed by atoms with van der Waals surface area (Å²) >= 11 is 0. The molecule has 0 aromatic carbocycles. The topological polar surface area (TPSA) is 67.9 Å². The number of amides is 1. The number of hydrogen-bond acceptors (Lipinski definition) is 3. The van der Waals surface area contributed by atoms with Crippen LogP contribution in [0.1, 0.15) is 20.8 Å². The summed E-state index contributed by atoms with van der Waals surface area (Å²) in [6.07, 6.45) is 0. The smallest absolute Gasteiger partial charge is 0.239 e. The first-order valence-electron chi connectivity index (χ1n) is 4.98. The molecule has 4 heteroatoms. The zero-order chi connectivity index (χ0) is 12.0. The van der Waals surface area contributed by atoms with Gasteiger partial charge in [0.1, 0.15) is 5.92 Å². The largest absolute Gasteiger partial charge is 0.343 e. The fraction of sp³-hybridized carbons (Fsp3) is 0.727. The first kappa shape index (κ1) is 13.4. The van der Waals surface area contributed by atoms with Crippen molar-refractivity contribution in [2.24, 2.45) is 17.8 Å². The van der Waals surface area contributed by atoms with Gasteiger partial charge in [0.2, 0.25) is 5.91 Å². The number of carbonyl (C=O) groups excluding carboxylic acids is 1. The van der Waals surface area contributed by atoms with Gasteiger partial charge in [-0.05, 0) is 12.8 Å². The predicted octanol–water partition coefficient (Wildman–Crippen LogP) is 1.40.